The van der Waals surface area contributed by atoms with Crippen LogP contribution in [0.2, 0.25) is 0 Å². The third-order valence-corrected chi connectivity index (χ3v) is 3.16. The lowest BCUT2D eigenvalue weighted by atomic mass is 10.2. The van der Waals surface area contributed by atoms with Gasteiger partial charge in [0.25, 0.3) is 0 Å². The summed E-state index contributed by atoms with van der Waals surface area (Å²) in [6, 6.07) is 14.1. The molecule has 0 saturated carbocycles. The molecule has 0 atom stereocenters. The predicted octanol–water partition coefficient (Wildman–Crippen LogP) is 3.31. The van der Waals surface area contributed by atoms with Crippen molar-refractivity contribution in [3.63, 3.8) is 0 Å². The van der Waals surface area contributed by atoms with E-state index in [2.05, 4.69) is 5.32 Å². The monoisotopic (exact) mass is 256 g/mol. The normalized spacial score (nSPS) is 14.6. The molecule has 0 spiro atoms. The molecule has 19 heavy (non-hydrogen) atoms. The zero-order chi connectivity index (χ0) is 13.2. The Bertz CT molecular complexity index is 613. The number of carbonyl (C=O) groups is 1. The predicted molar refractivity (Wildman–Crippen MR) is 73.1 cm³/mol. The molecule has 2 aromatic carbocycles. The Morgan fingerprint density at radius 2 is 1.89 bits per heavy atom. The molecule has 3 nitrogen and oxygen atoms in total. The summed E-state index contributed by atoms with van der Waals surface area (Å²) in [4.78, 5) is 13.6. The SMILES string of the molecule is O=C1CCN(c2ccccc2)c2cc(F)ccc2N1. The van der Waals surface area contributed by atoms with Gasteiger partial charge in [0.15, 0.2) is 0 Å². The first-order valence-electron chi connectivity index (χ1n) is 6.16. The Balaban J connectivity index is 2.11. The van der Waals surface area contributed by atoms with E-state index in [1.165, 1.54) is 12.1 Å². The van der Waals surface area contributed by atoms with Crippen molar-refractivity contribution in [2.75, 3.05) is 16.8 Å². The van der Waals surface area contributed by atoms with Crippen molar-refractivity contribution in [2.45, 2.75) is 6.42 Å². The summed E-state index contributed by atoms with van der Waals surface area (Å²) in [6.45, 7) is 0.534. The number of nitrogens with one attached hydrogen (secondary N) is 1. The Hall–Kier alpha value is -2.36. The molecule has 0 fully saturated rings. The van der Waals surface area contributed by atoms with Gasteiger partial charge in [-0.2, -0.15) is 0 Å². The molecule has 1 aliphatic heterocycles. The van der Waals surface area contributed by atoms with E-state index in [4.69, 9.17) is 0 Å². The molecule has 0 unspecified atom stereocenters. The number of carbonyl (C=O) groups excluding carboxylic acids is 1. The zero-order valence-corrected chi connectivity index (χ0v) is 10.3. The van der Waals surface area contributed by atoms with Gasteiger partial charge in [-0.15, -0.1) is 0 Å². The van der Waals surface area contributed by atoms with Crippen LogP contribution in [0.3, 0.4) is 0 Å². The first-order valence-corrected chi connectivity index (χ1v) is 6.16. The number of halogens is 1. The second-order valence-corrected chi connectivity index (χ2v) is 4.45. The van der Waals surface area contributed by atoms with Gasteiger partial charge in [-0.05, 0) is 30.3 Å². The van der Waals surface area contributed by atoms with E-state index in [-0.39, 0.29) is 11.7 Å². The number of hydrogen-bond acceptors (Lipinski definition) is 2. The molecule has 0 saturated heterocycles. The lowest BCUT2D eigenvalue weighted by Crippen LogP contribution is -2.18. The smallest absolute Gasteiger partial charge is 0.226 e. The van der Waals surface area contributed by atoms with Crippen molar-refractivity contribution in [1.29, 1.82) is 0 Å². The minimum absolute atomic E-state index is 0.0497. The lowest BCUT2D eigenvalue weighted by Gasteiger charge is -2.24. The molecule has 4 heteroatoms. The summed E-state index contributed by atoms with van der Waals surface area (Å²) >= 11 is 0. The van der Waals surface area contributed by atoms with Crippen molar-refractivity contribution in [3.8, 4) is 0 Å². The van der Waals surface area contributed by atoms with Crippen molar-refractivity contribution < 1.29 is 9.18 Å². The summed E-state index contributed by atoms with van der Waals surface area (Å²) in [5.74, 6) is -0.359. The summed E-state index contributed by atoms with van der Waals surface area (Å²) in [5.41, 5.74) is 2.29. The number of anilines is 3. The van der Waals surface area contributed by atoms with Crippen LogP contribution in [-0.4, -0.2) is 12.5 Å². The van der Waals surface area contributed by atoms with Crippen LogP contribution >= 0.6 is 0 Å². The summed E-state index contributed by atoms with van der Waals surface area (Å²) in [6.07, 6.45) is 0.380. The van der Waals surface area contributed by atoms with Gasteiger partial charge in [0, 0.05) is 18.7 Å². The lowest BCUT2D eigenvalue weighted by molar-refractivity contribution is -0.115. The highest BCUT2D eigenvalue weighted by molar-refractivity contribution is 5.97. The van der Waals surface area contributed by atoms with E-state index in [1.54, 1.807) is 6.07 Å². The van der Waals surface area contributed by atoms with Crippen molar-refractivity contribution in [2.24, 2.45) is 0 Å². The van der Waals surface area contributed by atoms with Crippen molar-refractivity contribution in [1.82, 2.24) is 0 Å². The second-order valence-electron chi connectivity index (χ2n) is 4.45. The van der Waals surface area contributed by atoms with Crippen LogP contribution in [0, 0.1) is 5.82 Å². The van der Waals surface area contributed by atoms with Gasteiger partial charge < -0.3 is 10.2 Å². The first-order chi connectivity index (χ1) is 9.24. The molecule has 1 aliphatic rings. The average Bonchev–Trinajstić information content (AvgIpc) is 2.58. The number of benzene rings is 2. The van der Waals surface area contributed by atoms with E-state index in [0.29, 0.717) is 24.3 Å². The van der Waals surface area contributed by atoms with E-state index in [0.717, 1.165) is 5.69 Å². The minimum atomic E-state index is -0.309. The van der Waals surface area contributed by atoms with Gasteiger partial charge in [0.2, 0.25) is 5.91 Å². The standard InChI is InChI=1S/C15H13FN2O/c16-11-6-7-13-14(10-11)18(9-8-15(19)17-13)12-4-2-1-3-5-12/h1-7,10H,8-9H2,(H,17,19). The zero-order valence-electron chi connectivity index (χ0n) is 10.3. The fraction of sp³-hybridized carbons (Fsp3) is 0.133. The highest BCUT2D eigenvalue weighted by Gasteiger charge is 2.20. The third kappa shape index (κ3) is 2.29. The van der Waals surface area contributed by atoms with E-state index in [9.17, 15) is 9.18 Å². The fourth-order valence-corrected chi connectivity index (χ4v) is 2.26. The number of amides is 1. The van der Waals surface area contributed by atoms with Crippen LogP contribution in [0.25, 0.3) is 0 Å². The first kappa shape index (κ1) is 11.7. The van der Waals surface area contributed by atoms with Gasteiger partial charge in [-0.1, -0.05) is 18.2 Å². The maximum absolute atomic E-state index is 13.5. The van der Waals surface area contributed by atoms with Gasteiger partial charge in [-0.3, -0.25) is 4.79 Å². The number of hydrogen-bond donors (Lipinski definition) is 1. The minimum Gasteiger partial charge on any atom is -0.339 e. The van der Waals surface area contributed by atoms with Crippen LogP contribution < -0.4 is 10.2 Å². The molecule has 96 valence electrons. The van der Waals surface area contributed by atoms with Crippen LogP contribution in [0.1, 0.15) is 6.42 Å². The fourth-order valence-electron chi connectivity index (χ4n) is 2.26. The van der Waals surface area contributed by atoms with Gasteiger partial charge in [0.05, 0.1) is 11.4 Å². The van der Waals surface area contributed by atoms with Crippen molar-refractivity contribution >= 4 is 23.0 Å². The molecule has 0 radical (unpaired) electrons. The molecule has 1 N–H and O–H groups in total. The van der Waals surface area contributed by atoms with Crippen molar-refractivity contribution in [3.05, 3.63) is 54.3 Å². The Morgan fingerprint density at radius 3 is 2.68 bits per heavy atom. The van der Waals surface area contributed by atoms with Crippen LogP contribution in [0.15, 0.2) is 48.5 Å². The van der Waals surface area contributed by atoms with E-state index in [1.807, 2.05) is 35.2 Å². The Kier molecular flexibility index (Phi) is 2.91. The molecule has 2 aromatic rings. The summed E-state index contributed by atoms with van der Waals surface area (Å²) in [7, 11) is 0. The molecule has 1 heterocycles. The number of nitrogens with zero attached hydrogens (tertiary/aromatic N) is 1. The van der Waals surface area contributed by atoms with Crippen LogP contribution in [0.5, 0.6) is 0 Å². The van der Waals surface area contributed by atoms with E-state index >= 15 is 0 Å². The largest absolute Gasteiger partial charge is 0.339 e. The molecule has 3 rings (SSSR count). The van der Waals surface area contributed by atoms with Gasteiger partial charge >= 0.3 is 0 Å². The second kappa shape index (κ2) is 4.72. The van der Waals surface area contributed by atoms with Gasteiger partial charge in [0.1, 0.15) is 5.82 Å². The number of para-hydroxylation sites is 1. The maximum Gasteiger partial charge on any atom is 0.226 e. The number of rotatable bonds is 1. The molecular formula is C15H13FN2O. The molecular weight excluding hydrogens is 243 g/mol. The molecule has 0 aliphatic carbocycles. The topological polar surface area (TPSA) is 32.3 Å². The summed E-state index contributed by atoms with van der Waals surface area (Å²) in [5, 5.41) is 2.80. The molecule has 0 bridgehead atoms. The molecule has 1 amide bonds. The third-order valence-electron chi connectivity index (χ3n) is 3.16. The maximum atomic E-state index is 13.5. The molecule has 0 aromatic heterocycles. The number of fused-ring (bicyclic) bond motifs is 1. The van der Waals surface area contributed by atoms with E-state index < -0.39 is 0 Å². The highest BCUT2D eigenvalue weighted by Crippen LogP contribution is 2.34. The Labute approximate surface area is 110 Å². The van der Waals surface area contributed by atoms with Crippen LogP contribution in [-0.2, 0) is 4.79 Å². The quantitative estimate of drug-likeness (QED) is 0.849. The van der Waals surface area contributed by atoms with Crippen LogP contribution in [0.4, 0.5) is 21.5 Å². The summed E-state index contributed by atoms with van der Waals surface area (Å²) < 4.78 is 13.5. The highest BCUT2D eigenvalue weighted by atomic mass is 19.1. The van der Waals surface area contributed by atoms with Gasteiger partial charge in [-0.25, -0.2) is 4.39 Å². The Morgan fingerprint density at radius 1 is 1.11 bits per heavy atom. The average molecular weight is 256 g/mol.